The highest BCUT2D eigenvalue weighted by molar-refractivity contribution is 9.10. The van der Waals surface area contributed by atoms with Crippen LogP contribution in [0.4, 0.5) is 0 Å². The number of nitrogens with one attached hydrogen (secondary N) is 3. The normalized spacial score (nSPS) is 17.9. The molecule has 1 amide bonds. The Morgan fingerprint density at radius 1 is 1.16 bits per heavy atom. The van der Waals surface area contributed by atoms with Crippen molar-refractivity contribution in [2.45, 2.75) is 50.7 Å². The van der Waals surface area contributed by atoms with Crippen molar-refractivity contribution in [2.24, 2.45) is 4.99 Å². The van der Waals surface area contributed by atoms with Crippen LogP contribution >= 0.6 is 15.9 Å². The Morgan fingerprint density at radius 2 is 1.78 bits per heavy atom. The van der Waals surface area contributed by atoms with Gasteiger partial charge in [0, 0.05) is 10.4 Å². The fraction of sp³-hybridized carbons (Fsp3) is 0.478. The van der Waals surface area contributed by atoms with Crippen LogP contribution in [0.5, 0.6) is 5.75 Å². The second-order valence-corrected chi connectivity index (χ2v) is 11.7. The van der Waals surface area contributed by atoms with E-state index in [1.165, 1.54) is 26.4 Å². The first-order valence-corrected chi connectivity index (χ1v) is 13.8. The van der Waals surface area contributed by atoms with E-state index >= 15 is 0 Å². The molecule has 0 saturated carbocycles. The van der Waals surface area contributed by atoms with Crippen molar-refractivity contribution >= 4 is 37.8 Å². The van der Waals surface area contributed by atoms with Crippen LogP contribution in [-0.2, 0) is 19.5 Å². The molecule has 2 heterocycles. The van der Waals surface area contributed by atoms with Gasteiger partial charge in [-0.3, -0.25) is 20.4 Å². The Hall–Kier alpha value is -2.81. The lowest BCUT2D eigenvalue weighted by molar-refractivity contribution is -0.249. The van der Waals surface area contributed by atoms with Gasteiger partial charge in [-0.05, 0) is 48.8 Å². The van der Waals surface area contributed by atoms with Crippen molar-refractivity contribution in [3.8, 4) is 5.75 Å². The zero-order chi connectivity index (χ0) is 27.2. The summed E-state index contributed by atoms with van der Waals surface area (Å²) in [7, 11) is -2.52. The topological polar surface area (TPSA) is 153 Å². The minimum Gasteiger partial charge on any atom is -0.494 e. The Kier molecular flexibility index (Phi) is 9.45. The van der Waals surface area contributed by atoms with Crippen LogP contribution in [0.15, 0.2) is 46.1 Å². The van der Waals surface area contributed by atoms with Gasteiger partial charge in [-0.25, -0.2) is 23.4 Å². The molecule has 14 heteroatoms. The molecule has 2 aromatic rings. The van der Waals surface area contributed by atoms with Crippen molar-refractivity contribution in [1.82, 2.24) is 25.5 Å². The number of guanidine groups is 1. The summed E-state index contributed by atoms with van der Waals surface area (Å²) >= 11 is 3.33. The molecule has 1 saturated heterocycles. The summed E-state index contributed by atoms with van der Waals surface area (Å²) in [6.07, 6.45) is 2.95. The summed E-state index contributed by atoms with van der Waals surface area (Å²) in [5.74, 6) is -1.22. The van der Waals surface area contributed by atoms with E-state index in [0.717, 1.165) is 0 Å². The van der Waals surface area contributed by atoms with Gasteiger partial charge in [0.25, 0.3) is 5.91 Å². The molecule has 0 unspecified atom stereocenters. The Labute approximate surface area is 224 Å². The number of ether oxygens (including phenoxy) is 3. The summed E-state index contributed by atoms with van der Waals surface area (Å²) in [6.45, 7) is 7.18. The Morgan fingerprint density at radius 3 is 2.38 bits per heavy atom. The van der Waals surface area contributed by atoms with Crippen molar-refractivity contribution in [3.05, 3.63) is 52.5 Å². The van der Waals surface area contributed by atoms with Crippen molar-refractivity contribution in [3.63, 3.8) is 0 Å². The smallest absolute Gasteiger partial charge is 0.270 e. The number of carbonyl (C=O) groups excluding carboxylic acids is 1. The van der Waals surface area contributed by atoms with Crippen LogP contribution in [0.25, 0.3) is 0 Å². The number of aliphatic imine (C=N–C) groups is 1. The molecule has 3 rings (SSSR count). The Balaban J connectivity index is 1.78. The first kappa shape index (κ1) is 28.8. The maximum absolute atomic E-state index is 13.3. The average molecular weight is 600 g/mol. The van der Waals surface area contributed by atoms with E-state index in [2.05, 4.69) is 46.5 Å². The maximum Gasteiger partial charge on any atom is 0.270 e. The third kappa shape index (κ3) is 7.84. The first-order valence-electron chi connectivity index (χ1n) is 11.5. The summed E-state index contributed by atoms with van der Waals surface area (Å²) in [6, 6.07) is 6.30. The van der Waals surface area contributed by atoms with Gasteiger partial charge in [0.05, 0.1) is 43.5 Å². The highest BCUT2D eigenvalue weighted by atomic mass is 79.9. The van der Waals surface area contributed by atoms with Crippen LogP contribution in [-0.4, -0.2) is 67.7 Å². The highest BCUT2D eigenvalue weighted by Crippen LogP contribution is 2.22. The van der Waals surface area contributed by atoms with Gasteiger partial charge < -0.3 is 14.2 Å². The number of nitrogens with zero attached hydrogens (tertiary/aromatic N) is 3. The predicted octanol–water partition coefficient (Wildman–Crippen LogP) is 2.10. The molecule has 2 atom stereocenters. The zero-order valence-corrected chi connectivity index (χ0v) is 23.6. The largest absolute Gasteiger partial charge is 0.494 e. The quantitative estimate of drug-likeness (QED) is 0.247. The third-order valence-corrected chi connectivity index (χ3v) is 8.25. The molecular weight excluding hydrogens is 568 g/mol. The van der Waals surface area contributed by atoms with Crippen LogP contribution < -0.4 is 20.3 Å². The standard InChI is InChI=1S/C23H31BrN6O6S/c1-14(20-25-10-17(34-5)11-26-20)15(2)37(32,33)30-22(27-16-12-35-23(3,4)36-13-16)29-28-21(31)18-8-6-7-9-19(18)24/h6-11,14-16H,12-13H2,1-5H3,(H,28,31)(H2,27,29,30)/t14-,15-/m0/s1. The number of hydrogen-bond donors (Lipinski definition) is 3. The Bertz CT molecular complexity index is 1210. The second kappa shape index (κ2) is 12.2. The molecular formula is C23H31BrN6O6S. The van der Waals surface area contributed by atoms with E-state index in [-0.39, 0.29) is 19.2 Å². The van der Waals surface area contributed by atoms with Crippen molar-refractivity contribution in [1.29, 1.82) is 0 Å². The highest BCUT2D eigenvalue weighted by Gasteiger charge is 2.32. The van der Waals surface area contributed by atoms with E-state index < -0.39 is 38.9 Å². The van der Waals surface area contributed by atoms with Crippen molar-refractivity contribution < 1.29 is 27.4 Å². The molecule has 0 bridgehead atoms. The fourth-order valence-corrected chi connectivity index (χ4v) is 4.91. The van der Waals surface area contributed by atoms with Crippen LogP contribution in [0.3, 0.4) is 0 Å². The molecule has 202 valence electrons. The van der Waals surface area contributed by atoms with Crippen LogP contribution in [0.1, 0.15) is 49.8 Å². The molecule has 0 aliphatic carbocycles. The van der Waals surface area contributed by atoms with E-state index in [9.17, 15) is 13.2 Å². The minimum absolute atomic E-state index is 0.188. The van der Waals surface area contributed by atoms with E-state index in [0.29, 0.717) is 21.6 Å². The molecule has 3 N–H and O–H groups in total. The summed E-state index contributed by atoms with van der Waals surface area (Å²) in [5.41, 5.74) is 5.43. The van der Waals surface area contributed by atoms with Crippen molar-refractivity contribution in [2.75, 3.05) is 20.3 Å². The van der Waals surface area contributed by atoms with Gasteiger partial charge in [0.15, 0.2) is 11.5 Å². The maximum atomic E-state index is 13.3. The number of carbonyl (C=O) groups is 1. The first-order chi connectivity index (χ1) is 17.4. The average Bonchev–Trinajstić information content (AvgIpc) is 2.87. The lowest BCUT2D eigenvalue weighted by atomic mass is 10.1. The number of benzene rings is 1. The predicted molar refractivity (Wildman–Crippen MR) is 140 cm³/mol. The second-order valence-electron chi connectivity index (χ2n) is 8.83. The SMILES string of the molecule is COc1cnc([C@@H](C)[C@H](C)S(=O)(=O)N/C(=N\C2COC(C)(C)OC2)NNC(=O)c2ccccc2Br)nc1. The molecule has 1 aliphatic rings. The lowest BCUT2D eigenvalue weighted by Gasteiger charge is -2.33. The van der Waals surface area contributed by atoms with Gasteiger partial charge >= 0.3 is 0 Å². The van der Waals surface area contributed by atoms with Gasteiger partial charge in [0.1, 0.15) is 11.9 Å². The summed E-state index contributed by atoms with van der Waals surface area (Å²) < 4.78 is 45.9. The fourth-order valence-electron chi connectivity index (χ4n) is 3.23. The number of aromatic nitrogens is 2. The number of halogens is 1. The summed E-state index contributed by atoms with van der Waals surface area (Å²) in [4.78, 5) is 25.5. The molecule has 1 aromatic heterocycles. The molecule has 37 heavy (non-hydrogen) atoms. The van der Waals surface area contributed by atoms with Gasteiger partial charge in [-0.2, -0.15) is 0 Å². The van der Waals surface area contributed by atoms with Gasteiger partial charge in [-0.1, -0.05) is 19.1 Å². The number of amides is 1. The number of hydrazine groups is 1. The monoisotopic (exact) mass is 598 g/mol. The molecule has 0 radical (unpaired) electrons. The molecule has 1 aliphatic heterocycles. The minimum atomic E-state index is -4.01. The van der Waals surface area contributed by atoms with Crippen LogP contribution in [0.2, 0.25) is 0 Å². The van der Waals surface area contributed by atoms with E-state index in [4.69, 9.17) is 14.2 Å². The zero-order valence-electron chi connectivity index (χ0n) is 21.2. The van der Waals surface area contributed by atoms with E-state index in [1.54, 1.807) is 45.0 Å². The van der Waals surface area contributed by atoms with Crippen LogP contribution in [0, 0.1) is 0 Å². The number of rotatable bonds is 7. The van der Waals surface area contributed by atoms with E-state index in [1.807, 2.05) is 0 Å². The molecule has 1 aromatic carbocycles. The number of methoxy groups -OCH3 is 1. The van der Waals surface area contributed by atoms with Gasteiger partial charge in [-0.15, -0.1) is 0 Å². The molecule has 1 fully saturated rings. The number of hydrogen-bond acceptors (Lipinski definition) is 9. The molecule has 12 nitrogen and oxygen atoms in total. The molecule has 0 spiro atoms. The van der Waals surface area contributed by atoms with Gasteiger partial charge in [0.2, 0.25) is 16.0 Å². The lowest BCUT2D eigenvalue weighted by Crippen LogP contribution is -2.53. The third-order valence-electron chi connectivity index (χ3n) is 5.69. The summed E-state index contributed by atoms with van der Waals surface area (Å²) in [5, 5.41) is -0.954. The number of sulfonamides is 1.